The number of ether oxygens (including phenoxy) is 3. The first-order valence-corrected chi connectivity index (χ1v) is 23.6. The van der Waals surface area contributed by atoms with Gasteiger partial charge in [0.25, 0.3) is 0 Å². The molecule has 18 atom stereocenters. The van der Waals surface area contributed by atoms with Crippen molar-refractivity contribution < 1.29 is 54.1 Å². The fraction of sp³-hybridized carbons (Fsp3) is 0.857. The van der Waals surface area contributed by atoms with E-state index in [2.05, 4.69) is 45.9 Å². The standard InChI is InChI=1S/C49H72O11/c1-43-16-9-17-48(27-43)33-23-28-13-14-30-24-34(59-41-37(53)35(51)36(52)38(60-41)40(54)55)45(3,29-11-7-6-8-12-29)32-15-19-44(2,39(28)46(30,32)4)47(33,18-10-22-50)20-21-49(48,42(56)57)31(25-43)26-58-5/h9,17,22-23,28-32,34-39,41,51-53H,6-8,10-16,18-21,24-27H2,1-5H3,(H,54,55)(H,56,57). The summed E-state index contributed by atoms with van der Waals surface area (Å²) >= 11 is 0. The average molecular weight is 837 g/mol. The molecule has 0 aromatic heterocycles. The number of hydrogen-bond donors (Lipinski definition) is 5. The lowest BCUT2D eigenvalue weighted by Gasteiger charge is -2.78. The first kappa shape index (κ1) is 43.1. The maximum absolute atomic E-state index is 14.2. The summed E-state index contributed by atoms with van der Waals surface area (Å²) in [6, 6.07) is 0. The number of carboxylic acids is 2. The Morgan fingerprint density at radius 2 is 1.65 bits per heavy atom. The van der Waals surface area contributed by atoms with Gasteiger partial charge in [0.2, 0.25) is 0 Å². The SMILES string of the molecule is COCC1CC2(C)CC=CC3(C2)C2=CC4CCC5CC(OC6OC(C(=O)O)C(O)C(O)C6O)C(C)(C6CCCCC6)C6CCC(C)(C4C56C)C2(CCC=O)CCC13C(=O)O. The number of aliphatic hydroxyl groups is 3. The van der Waals surface area contributed by atoms with Crippen LogP contribution in [-0.2, 0) is 28.6 Å². The maximum atomic E-state index is 14.2. The lowest BCUT2D eigenvalue weighted by Crippen LogP contribution is -2.74. The molecule has 11 heteroatoms. The number of methoxy groups -OCH3 is 1. The van der Waals surface area contributed by atoms with Crippen molar-refractivity contribution in [2.24, 2.45) is 73.4 Å². The lowest BCUT2D eigenvalue weighted by atomic mass is 9.26. The summed E-state index contributed by atoms with van der Waals surface area (Å²) in [5, 5.41) is 54.2. The van der Waals surface area contributed by atoms with Crippen LogP contribution in [-0.4, -0.2) is 94.3 Å². The molecular weight excluding hydrogens is 765 g/mol. The molecule has 6 saturated carbocycles. The van der Waals surface area contributed by atoms with E-state index in [-0.39, 0.29) is 62.8 Å². The van der Waals surface area contributed by atoms with Gasteiger partial charge < -0.3 is 44.5 Å². The molecule has 0 radical (unpaired) electrons. The van der Waals surface area contributed by atoms with Gasteiger partial charge in [-0.05, 0) is 135 Å². The number of carboxylic acid groups (broad SMARTS) is 2. The molecule has 1 saturated heterocycles. The molecule has 1 spiro atoms. The van der Waals surface area contributed by atoms with Gasteiger partial charge in [0.1, 0.15) is 24.6 Å². The Bertz CT molecular complexity index is 1790. The molecule has 8 aliphatic carbocycles. The van der Waals surface area contributed by atoms with Gasteiger partial charge in [-0.2, -0.15) is 0 Å². The van der Waals surface area contributed by atoms with Gasteiger partial charge >= 0.3 is 11.9 Å². The van der Waals surface area contributed by atoms with Crippen molar-refractivity contribution in [3.8, 4) is 0 Å². The Morgan fingerprint density at radius 3 is 2.33 bits per heavy atom. The van der Waals surface area contributed by atoms with Crippen LogP contribution in [0.3, 0.4) is 0 Å². The first-order chi connectivity index (χ1) is 28.4. The van der Waals surface area contributed by atoms with Crippen molar-refractivity contribution in [2.45, 2.75) is 174 Å². The number of allylic oxidation sites excluding steroid dienone is 4. The highest BCUT2D eigenvalue weighted by Gasteiger charge is 2.79. The molecule has 5 N–H and O–H groups in total. The van der Waals surface area contributed by atoms with Crippen molar-refractivity contribution in [2.75, 3.05) is 13.7 Å². The van der Waals surface area contributed by atoms with Gasteiger partial charge in [-0.3, -0.25) is 4.79 Å². The second-order valence-corrected chi connectivity index (χ2v) is 22.7. The van der Waals surface area contributed by atoms with Crippen LogP contribution >= 0.6 is 0 Å². The zero-order valence-electron chi connectivity index (χ0n) is 36.7. The normalized spacial score (nSPS) is 53.2. The van der Waals surface area contributed by atoms with Crippen molar-refractivity contribution in [1.29, 1.82) is 0 Å². The number of hydrogen-bond acceptors (Lipinski definition) is 9. The summed E-state index contributed by atoms with van der Waals surface area (Å²) in [4.78, 5) is 38.9. The summed E-state index contributed by atoms with van der Waals surface area (Å²) in [7, 11) is 1.71. The third-order valence-corrected chi connectivity index (χ3v) is 20.6. The van der Waals surface area contributed by atoms with Gasteiger partial charge in [-0.15, -0.1) is 0 Å². The molecule has 11 nitrogen and oxygen atoms in total. The Hall–Kier alpha value is -2.15. The zero-order chi connectivity index (χ0) is 42.8. The van der Waals surface area contributed by atoms with Crippen LogP contribution in [0.1, 0.15) is 137 Å². The molecular formula is C49H72O11. The second-order valence-electron chi connectivity index (χ2n) is 22.7. The van der Waals surface area contributed by atoms with Crippen LogP contribution in [0.4, 0.5) is 0 Å². The number of carbonyl (C=O) groups excluding carboxylic acids is 1. The summed E-state index contributed by atoms with van der Waals surface area (Å²) in [5.41, 5.74) is -1.45. The van der Waals surface area contributed by atoms with Crippen molar-refractivity contribution in [3.63, 3.8) is 0 Å². The van der Waals surface area contributed by atoms with Gasteiger partial charge in [-0.1, -0.05) is 70.8 Å². The maximum Gasteiger partial charge on any atom is 0.335 e. The van der Waals surface area contributed by atoms with E-state index in [0.717, 1.165) is 83.3 Å². The van der Waals surface area contributed by atoms with Crippen LogP contribution < -0.4 is 0 Å². The Labute approximate surface area is 356 Å². The van der Waals surface area contributed by atoms with Crippen LogP contribution in [0.5, 0.6) is 0 Å². The molecule has 0 aromatic rings. The fourth-order valence-corrected chi connectivity index (χ4v) is 18.4. The van der Waals surface area contributed by atoms with Gasteiger partial charge in [0, 0.05) is 30.3 Å². The topological polar surface area (TPSA) is 180 Å². The smallest absolute Gasteiger partial charge is 0.335 e. The number of aliphatic hydroxyl groups excluding tert-OH is 3. The van der Waals surface area contributed by atoms with E-state index < -0.39 is 53.5 Å². The first-order valence-electron chi connectivity index (χ1n) is 23.6. The van der Waals surface area contributed by atoms with E-state index in [4.69, 9.17) is 14.2 Å². The fourth-order valence-electron chi connectivity index (χ4n) is 18.4. The predicted octanol–water partition coefficient (Wildman–Crippen LogP) is 7.10. The van der Waals surface area contributed by atoms with E-state index in [1.54, 1.807) is 7.11 Å². The third kappa shape index (κ3) is 5.50. The molecule has 60 heavy (non-hydrogen) atoms. The molecule has 7 fully saturated rings. The van der Waals surface area contributed by atoms with Crippen molar-refractivity contribution in [1.82, 2.24) is 0 Å². The van der Waals surface area contributed by atoms with E-state index in [1.807, 2.05) is 0 Å². The van der Waals surface area contributed by atoms with E-state index in [9.17, 15) is 39.9 Å². The largest absolute Gasteiger partial charge is 0.481 e. The van der Waals surface area contributed by atoms with Crippen LogP contribution in [0.2, 0.25) is 0 Å². The summed E-state index contributed by atoms with van der Waals surface area (Å²) in [5.74, 6) is -0.886. The van der Waals surface area contributed by atoms with Gasteiger partial charge in [0.05, 0.1) is 18.1 Å². The number of carbonyl (C=O) groups is 3. The van der Waals surface area contributed by atoms with E-state index in [0.29, 0.717) is 38.2 Å². The number of fused-ring (bicyclic) bond motifs is 3. The number of rotatable bonds is 10. The molecule has 9 rings (SSSR count). The quantitative estimate of drug-likeness (QED) is 0.0861. The van der Waals surface area contributed by atoms with Crippen molar-refractivity contribution in [3.05, 3.63) is 23.8 Å². The predicted molar refractivity (Wildman–Crippen MR) is 221 cm³/mol. The van der Waals surface area contributed by atoms with Crippen LogP contribution in [0.25, 0.3) is 0 Å². The molecule has 2 bridgehead atoms. The Morgan fingerprint density at radius 1 is 0.900 bits per heavy atom. The minimum atomic E-state index is -1.78. The average Bonchev–Trinajstić information content (AvgIpc) is 3.20. The summed E-state index contributed by atoms with van der Waals surface area (Å²) < 4.78 is 18.6. The lowest BCUT2D eigenvalue weighted by molar-refractivity contribution is -0.341. The molecule has 1 aliphatic heterocycles. The van der Waals surface area contributed by atoms with Crippen LogP contribution in [0.15, 0.2) is 23.8 Å². The van der Waals surface area contributed by atoms with Gasteiger partial charge in [-0.25, -0.2) is 4.79 Å². The third-order valence-electron chi connectivity index (χ3n) is 20.6. The monoisotopic (exact) mass is 837 g/mol. The molecule has 18 unspecified atom stereocenters. The highest BCUT2D eigenvalue weighted by Crippen LogP contribution is 2.83. The van der Waals surface area contributed by atoms with E-state index in [1.165, 1.54) is 12.0 Å². The Balaban J connectivity index is 1.18. The number of aldehydes is 1. The minimum absolute atomic E-state index is 0.0566. The second kappa shape index (κ2) is 14.7. The summed E-state index contributed by atoms with van der Waals surface area (Å²) in [6.45, 7) is 10.3. The number of aliphatic carboxylic acids is 2. The van der Waals surface area contributed by atoms with Gasteiger partial charge in [0.15, 0.2) is 12.4 Å². The molecule has 0 amide bonds. The highest BCUT2D eigenvalue weighted by molar-refractivity contribution is 5.79. The zero-order valence-corrected chi connectivity index (χ0v) is 36.7. The summed E-state index contributed by atoms with van der Waals surface area (Å²) in [6.07, 6.45) is 14.8. The van der Waals surface area contributed by atoms with E-state index >= 15 is 0 Å². The van der Waals surface area contributed by atoms with Crippen LogP contribution in [0, 0.1) is 73.4 Å². The molecule has 0 aromatic carbocycles. The Kier molecular flexibility index (Phi) is 10.6. The molecule has 334 valence electrons. The molecule has 9 aliphatic rings. The highest BCUT2D eigenvalue weighted by atomic mass is 16.7. The molecule has 1 heterocycles. The minimum Gasteiger partial charge on any atom is -0.481 e. The van der Waals surface area contributed by atoms with Crippen molar-refractivity contribution >= 4 is 18.2 Å².